The number of carbonyl (C=O) groups excluding carboxylic acids is 2. The van der Waals surface area contributed by atoms with Gasteiger partial charge in [-0.25, -0.2) is 0 Å². The van der Waals surface area contributed by atoms with Crippen molar-refractivity contribution in [3.8, 4) is 0 Å². The van der Waals surface area contributed by atoms with Crippen LogP contribution < -0.4 is 5.56 Å². The van der Waals surface area contributed by atoms with Crippen LogP contribution in [0.3, 0.4) is 0 Å². The number of hydrogen-bond donors (Lipinski definition) is 0. The average molecular weight is 405 g/mol. The lowest BCUT2D eigenvalue weighted by molar-refractivity contribution is -0.136. The Balaban J connectivity index is 1.19. The third-order valence-electron chi connectivity index (χ3n) is 6.79. The molecule has 2 aromatic rings. The summed E-state index contributed by atoms with van der Waals surface area (Å²) in [6.45, 7) is 3.91. The molecule has 0 N–H and O–H groups in total. The summed E-state index contributed by atoms with van der Waals surface area (Å²) in [6.07, 6.45) is 1.90. The number of pyridine rings is 1. The van der Waals surface area contributed by atoms with E-state index >= 15 is 0 Å². The lowest BCUT2D eigenvalue weighted by Crippen LogP contribution is -2.48. The van der Waals surface area contributed by atoms with E-state index in [-0.39, 0.29) is 29.6 Å². The summed E-state index contributed by atoms with van der Waals surface area (Å²) in [7, 11) is 0. The van der Waals surface area contributed by atoms with Crippen molar-refractivity contribution in [2.24, 2.45) is 5.92 Å². The molecule has 1 aromatic heterocycles. The van der Waals surface area contributed by atoms with Crippen LogP contribution in [0.15, 0.2) is 47.3 Å². The number of aromatic nitrogens is 1. The second kappa shape index (κ2) is 7.84. The first kappa shape index (κ1) is 19.2. The Hall–Kier alpha value is -2.73. The van der Waals surface area contributed by atoms with Gasteiger partial charge in [-0.3, -0.25) is 19.3 Å². The van der Waals surface area contributed by atoms with Crippen molar-refractivity contribution in [2.75, 3.05) is 26.2 Å². The minimum Gasteiger partial charge on any atom is -0.338 e. The topological polar surface area (TPSA) is 62.6 Å². The number of hydrogen-bond acceptors (Lipinski definition) is 4. The van der Waals surface area contributed by atoms with Gasteiger partial charge in [0, 0.05) is 50.4 Å². The number of ketones is 1. The van der Waals surface area contributed by atoms with Crippen molar-refractivity contribution < 1.29 is 9.59 Å². The Bertz CT molecular complexity index is 1040. The SMILES string of the molecule is O=C(CC(=O)N1CCc2ccccc2C1)CN1CC2CC(C1)c1cccc(=O)n1C2. The quantitative estimate of drug-likeness (QED) is 0.728. The second-order valence-electron chi connectivity index (χ2n) is 8.94. The molecule has 3 aliphatic rings. The monoisotopic (exact) mass is 405 g/mol. The molecule has 1 saturated heterocycles. The summed E-state index contributed by atoms with van der Waals surface area (Å²) in [6, 6.07) is 13.7. The van der Waals surface area contributed by atoms with Crippen molar-refractivity contribution in [3.63, 3.8) is 0 Å². The summed E-state index contributed by atoms with van der Waals surface area (Å²) in [5.41, 5.74) is 3.63. The third kappa shape index (κ3) is 3.72. The molecule has 6 nitrogen and oxygen atoms in total. The van der Waals surface area contributed by atoms with Crippen LogP contribution in [0.2, 0.25) is 0 Å². The van der Waals surface area contributed by atoms with E-state index in [9.17, 15) is 14.4 Å². The first-order valence-corrected chi connectivity index (χ1v) is 10.8. The van der Waals surface area contributed by atoms with E-state index in [1.165, 1.54) is 11.1 Å². The normalized spacial score (nSPS) is 22.9. The Morgan fingerprint density at radius 3 is 2.67 bits per heavy atom. The Kier molecular flexibility index (Phi) is 5.03. The molecule has 30 heavy (non-hydrogen) atoms. The molecule has 0 aliphatic carbocycles. The molecule has 0 radical (unpaired) electrons. The number of rotatable bonds is 4. The summed E-state index contributed by atoms with van der Waals surface area (Å²) in [5.74, 6) is 0.597. The molecule has 2 bridgehead atoms. The van der Waals surface area contributed by atoms with Crippen molar-refractivity contribution in [2.45, 2.75) is 38.3 Å². The van der Waals surface area contributed by atoms with E-state index in [2.05, 4.69) is 17.0 Å². The van der Waals surface area contributed by atoms with Crippen molar-refractivity contribution >= 4 is 11.7 Å². The zero-order chi connectivity index (χ0) is 20.7. The molecule has 156 valence electrons. The van der Waals surface area contributed by atoms with Gasteiger partial charge in [-0.1, -0.05) is 30.3 Å². The van der Waals surface area contributed by atoms with E-state index in [0.717, 1.165) is 38.2 Å². The fourth-order valence-electron chi connectivity index (χ4n) is 5.42. The van der Waals surface area contributed by atoms with Crippen LogP contribution in [-0.2, 0) is 29.1 Å². The third-order valence-corrected chi connectivity index (χ3v) is 6.79. The summed E-state index contributed by atoms with van der Waals surface area (Å²) >= 11 is 0. The van der Waals surface area contributed by atoms with Crippen LogP contribution in [0.25, 0.3) is 0 Å². The standard InChI is InChI=1S/C24H27N3O3/c28-21(11-24(30)26-9-8-18-4-1-2-5-19(18)15-26)16-25-12-17-10-20(14-25)22-6-3-7-23(29)27(22)13-17/h1-7,17,20H,8-16H2. The maximum atomic E-state index is 12.7. The highest BCUT2D eigenvalue weighted by atomic mass is 16.2. The van der Waals surface area contributed by atoms with Crippen molar-refractivity contribution in [3.05, 3.63) is 69.6 Å². The molecule has 2 unspecified atom stereocenters. The molecular weight excluding hydrogens is 378 g/mol. The van der Waals surface area contributed by atoms with Gasteiger partial charge in [-0.2, -0.15) is 0 Å². The van der Waals surface area contributed by atoms with E-state index < -0.39 is 0 Å². The molecule has 4 heterocycles. The van der Waals surface area contributed by atoms with Crippen LogP contribution in [-0.4, -0.2) is 52.2 Å². The molecule has 1 amide bonds. The molecule has 1 fully saturated rings. The zero-order valence-corrected chi connectivity index (χ0v) is 17.1. The number of amides is 1. The van der Waals surface area contributed by atoms with Crippen molar-refractivity contribution in [1.82, 2.24) is 14.4 Å². The van der Waals surface area contributed by atoms with Gasteiger partial charge in [0.05, 0.1) is 13.0 Å². The van der Waals surface area contributed by atoms with Gasteiger partial charge in [0.1, 0.15) is 0 Å². The number of benzene rings is 1. The number of nitrogens with zero attached hydrogens (tertiary/aromatic N) is 3. The van der Waals surface area contributed by atoms with Gasteiger partial charge >= 0.3 is 0 Å². The molecule has 0 spiro atoms. The van der Waals surface area contributed by atoms with Gasteiger partial charge in [0.15, 0.2) is 5.78 Å². The first-order valence-electron chi connectivity index (χ1n) is 10.8. The second-order valence-corrected chi connectivity index (χ2v) is 8.94. The molecule has 1 aromatic carbocycles. The first-order chi connectivity index (χ1) is 14.6. The van der Waals surface area contributed by atoms with Gasteiger partial charge in [0.2, 0.25) is 5.91 Å². The molecule has 0 saturated carbocycles. The van der Waals surface area contributed by atoms with Crippen LogP contribution in [0.5, 0.6) is 0 Å². The fraction of sp³-hybridized carbons (Fsp3) is 0.458. The number of piperidine rings is 1. The maximum Gasteiger partial charge on any atom is 0.250 e. The lowest BCUT2D eigenvalue weighted by Gasteiger charge is -2.42. The number of carbonyl (C=O) groups is 2. The smallest absolute Gasteiger partial charge is 0.250 e. The van der Waals surface area contributed by atoms with Gasteiger partial charge in [0.25, 0.3) is 5.56 Å². The van der Waals surface area contributed by atoms with Crippen LogP contribution in [0, 0.1) is 5.92 Å². The van der Waals surface area contributed by atoms with E-state index in [1.807, 2.05) is 33.7 Å². The Morgan fingerprint density at radius 1 is 0.967 bits per heavy atom. The van der Waals surface area contributed by atoms with Gasteiger partial charge in [-0.05, 0) is 36.0 Å². The van der Waals surface area contributed by atoms with Crippen LogP contribution in [0.4, 0.5) is 0 Å². The summed E-state index contributed by atoms with van der Waals surface area (Å²) < 4.78 is 1.90. The largest absolute Gasteiger partial charge is 0.338 e. The van der Waals surface area contributed by atoms with Crippen LogP contribution in [0.1, 0.15) is 35.6 Å². The van der Waals surface area contributed by atoms with E-state index in [1.54, 1.807) is 6.07 Å². The molecule has 3 aliphatic heterocycles. The molecule has 5 rings (SSSR count). The number of likely N-dealkylation sites (tertiary alicyclic amines) is 1. The highest BCUT2D eigenvalue weighted by molar-refractivity contribution is 5.99. The summed E-state index contributed by atoms with van der Waals surface area (Å²) in [5, 5.41) is 0. The number of Topliss-reactive ketones (excluding diaryl/α,β-unsaturated/α-hetero) is 1. The minimum absolute atomic E-state index is 0.00992. The number of fused-ring (bicyclic) bond motifs is 5. The predicted octanol–water partition coefficient (Wildman–Crippen LogP) is 1.81. The van der Waals surface area contributed by atoms with Gasteiger partial charge in [-0.15, -0.1) is 0 Å². The van der Waals surface area contributed by atoms with Crippen molar-refractivity contribution in [1.29, 1.82) is 0 Å². The molecular formula is C24H27N3O3. The van der Waals surface area contributed by atoms with Gasteiger partial charge < -0.3 is 9.47 Å². The fourth-order valence-corrected chi connectivity index (χ4v) is 5.42. The predicted molar refractivity (Wildman–Crippen MR) is 113 cm³/mol. The average Bonchev–Trinajstić information content (AvgIpc) is 2.74. The molecule has 2 atom stereocenters. The van der Waals surface area contributed by atoms with E-state index in [4.69, 9.17) is 0 Å². The highest BCUT2D eigenvalue weighted by Gasteiger charge is 2.35. The Labute approximate surface area is 176 Å². The maximum absolute atomic E-state index is 12.7. The minimum atomic E-state index is -0.0661. The highest BCUT2D eigenvalue weighted by Crippen LogP contribution is 2.34. The summed E-state index contributed by atoms with van der Waals surface area (Å²) in [4.78, 5) is 41.5. The zero-order valence-electron chi connectivity index (χ0n) is 17.1. The van der Waals surface area contributed by atoms with E-state index in [0.29, 0.717) is 25.6 Å². The van der Waals surface area contributed by atoms with Crippen LogP contribution >= 0.6 is 0 Å². The Morgan fingerprint density at radius 2 is 1.80 bits per heavy atom. The lowest BCUT2D eigenvalue weighted by atomic mass is 9.83. The molecule has 6 heteroatoms.